The van der Waals surface area contributed by atoms with Crippen molar-refractivity contribution in [2.75, 3.05) is 0 Å². The zero-order chi connectivity index (χ0) is 18.4. The van der Waals surface area contributed by atoms with Gasteiger partial charge in [-0.1, -0.05) is 70.8 Å². The second-order valence-electron chi connectivity index (χ2n) is 8.21. The summed E-state index contributed by atoms with van der Waals surface area (Å²) in [7, 11) is 0. The van der Waals surface area contributed by atoms with E-state index in [1.54, 1.807) is 12.1 Å². The van der Waals surface area contributed by atoms with Crippen LogP contribution in [-0.4, -0.2) is 10.2 Å². The van der Waals surface area contributed by atoms with Gasteiger partial charge in [0.15, 0.2) is 0 Å². The van der Waals surface area contributed by atoms with Gasteiger partial charge in [0.1, 0.15) is 11.5 Å². The first-order valence-corrected chi connectivity index (χ1v) is 8.64. The summed E-state index contributed by atoms with van der Waals surface area (Å²) < 4.78 is 0. The zero-order valence-electron chi connectivity index (χ0n) is 15.0. The minimum absolute atomic E-state index is 0.0338. The van der Waals surface area contributed by atoms with Gasteiger partial charge >= 0.3 is 0 Å². The third kappa shape index (κ3) is 3.65. The highest BCUT2D eigenvalue weighted by Gasteiger charge is 2.27. The van der Waals surface area contributed by atoms with Crippen molar-refractivity contribution in [3.8, 4) is 22.6 Å². The molecule has 0 aliphatic heterocycles. The highest BCUT2D eigenvalue weighted by molar-refractivity contribution is 6.33. The second-order valence-corrected chi connectivity index (χ2v) is 9.05. The van der Waals surface area contributed by atoms with E-state index in [0.29, 0.717) is 16.1 Å². The molecule has 24 heavy (non-hydrogen) atoms. The fraction of sp³-hybridized carbons (Fsp3) is 0.400. The number of phenols is 2. The van der Waals surface area contributed by atoms with Crippen molar-refractivity contribution < 1.29 is 10.2 Å². The number of hydrogen-bond acceptors (Lipinski definition) is 2. The van der Waals surface area contributed by atoms with Gasteiger partial charge in [0.05, 0.1) is 5.02 Å². The van der Waals surface area contributed by atoms with Crippen LogP contribution >= 0.6 is 23.2 Å². The summed E-state index contributed by atoms with van der Waals surface area (Å²) in [5.74, 6) is -0.0463. The van der Waals surface area contributed by atoms with Crippen LogP contribution in [0.3, 0.4) is 0 Å². The lowest BCUT2D eigenvalue weighted by molar-refractivity contribution is 0.412. The molecule has 0 saturated heterocycles. The number of benzene rings is 2. The van der Waals surface area contributed by atoms with Crippen molar-refractivity contribution in [2.24, 2.45) is 0 Å². The summed E-state index contributed by atoms with van der Waals surface area (Å²) >= 11 is 12.5. The van der Waals surface area contributed by atoms with Gasteiger partial charge in [0, 0.05) is 16.1 Å². The Bertz CT molecular complexity index is 782. The normalized spacial score (nSPS) is 12.5. The first-order chi connectivity index (χ1) is 10.8. The Morgan fingerprint density at radius 1 is 0.750 bits per heavy atom. The molecule has 2 nitrogen and oxygen atoms in total. The molecular formula is C20H24Cl2O2. The molecule has 0 aromatic heterocycles. The predicted molar refractivity (Wildman–Crippen MR) is 103 cm³/mol. The number of phenolic OH excluding ortho intramolecular Hbond substituents is 2. The van der Waals surface area contributed by atoms with E-state index in [0.717, 1.165) is 11.1 Å². The number of halogens is 2. The predicted octanol–water partition coefficient (Wildman–Crippen LogP) is 6.67. The van der Waals surface area contributed by atoms with Crippen molar-refractivity contribution >= 4 is 23.2 Å². The molecule has 0 atom stereocenters. The Kier molecular flexibility index (Phi) is 4.87. The minimum Gasteiger partial charge on any atom is -0.507 e. The lowest BCUT2D eigenvalue weighted by Crippen LogP contribution is -2.13. The molecule has 0 saturated carbocycles. The summed E-state index contributed by atoms with van der Waals surface area (Å²) in [5, 5.41) is 21.9. The first-order valence-electron chi connectivity index (χ1n) is 7.88. The van der Waals surface area contributed by atoms with E-state index in [-0.39, 0.29) is 21.9 Å². The van der Waals surface area contributed by atoms with Crippen LogP contribution in [0, 0.1) is 0 Å². The fourth-order valence-corrected chi connectivity index (χ4v) is 3.18. The van der Waals surface area contributed by atoms with Crippen LogP contribution in [0.25, 0.3) is 11.1 Å². The summed E-state index contributed by atoms with van der Waals surface area (Å²) in [6.07, 6.45) is 0. The van der Waals surface area contributed by atoms with Crippen molar-refractivity contribution in [1.29, 1.82) is 0 Å². The molecule has 2 aromatic carbocycles. The molecule has 0 amide bonds. The maximum Gasteiger partial charge on any atom is 0.141 e. The van der Waals surface area contributed by atoms with Crippen molar-refractivity contribution in [3.63, 3.8) is 0 Å². The molecule has 0 aliphatic rings. The average Bonchev–Trinajstić information content (AvgIpc) is 2.39. The van der Waals surface area contributed by atoms with Crippen LogP contribution in [0.1, 0.15) is 52.7 Å². The van der Waals surface area contributed by atoms with Crippen LogP contribution in [0.4, 0.5) is 0 Å². The van der Waals surface area contributed by atoms with E-state index >= 15 is 0 Å². The molecule has 130 valence electrons. The molecule has 0 heterocycles. The molecule has 2 rings (SSSR count). The fourth-order valence-electron chi connectivity index (χ4n) is 2.74. The summed E-state index contributed by atoms with van der Waals surface area (Å²) in [4.78, 5) is 0. The van der Waals surface area contributed by atoms with Gasteiger partial charge in [-0.2, -0.15) is 0 Å². The highest BCUT2D eigenvalue weighted by Crippen LogP contribution is 2.48. The second kappa shape index (κ2) is 6.16. The van der Waals surface area contributed by atoms with Gasteiger partial charge in [-0.25, -0.2) is 0 Å². The maximum atomic E-state index is 10.8. The van der Waals surface area contributed by atoms with E-state index in [1.807, 2.05) is 32.9 Å². The highest BCUT2D eigenvalue weighted by atomic mass is 35.5. The maximum absolute atomic E-state index is 10.8. The Morgan fingerprint density at radius 2 is 1.33 bits per heavy atom. The average molecular weight is 367 g/mol. The Hall–Kier alpha value is -1.38. The first kappa shape index (κ1) is 19.0. The summed E-state index contributed by atoms with van der Waals surface area (Å²) in [6.45, 7) is 12.1. The van der Waals surface area contributed by atoms with Gasteiger partial charge in [-0.3, -0.25) is 0 Å². The Labute approximate surface area is 154 Å². The number of rotatable bonds is 1. The van der Waals surface area contributed by atoms with E-state index in [4.69, 9.17) is 23.2 Å². The quantitative estimate of drug-likeness (QED) is 0.591. The van der Waals surface area contributed by atoms with Crippen molar-refractivity contribution in [3.05, 3.63) is 45.4 Å². The lowest BCUT2D eigenvalue weighted by atomic mass is 9.82. The molecule has 0 aliphatic carbocycles. The Balaban J connectivity index is 2.80. The molecule has 0 bridgehead atoms. The largest absolute Gasteiger partial charge is 0.507 e. The third-order valence-electron chi connectivity index (χ3n) is 4.05. The van der Waals surface area contributed by atoms with Crippen LogP contribution in [-0.2, 0) is 10.8 Å². The Morgan fingerprint density at radius 3 is 1.83 bits per heavy atom. The smallest absolute Gasteiger partial charge is 0.141 e. The number of aromatic hydroxyl groups is 2. The molecule has 0 unspecified atom stereocenters. The number of hydrogen-bond donors (Lipinski definition) is 2. The van der Waals surface area contributed by atoms with Gasteiger partial charge in [-0.05, 0) is 40.2 Å². The zero-order valence-corrected chi connectivity index (χ0v) is 16.5. The third-order valence-corrected chi connectivity index (χ3v) is 4.56. The van der Waals surface area contributed by atoms with Crippen molar-refractivity contribution in [1.82, 2.24) is 0 Å². The van der Waals surface area contributed by atoms with E-state index in [1.165, 1.54) is 0 Å². The molecule has 0 spiro atoms. The lowest BCUT2D eigenvalue weighted by Gasteiger charge is -2.25. The SMILES string of the molecule is CC(C)(C)c1cc(Cl)cc(-c2cc(Cl)c(O)c(C(C)(C)C)c2O)c1. The monoisotopic (exact) mass is 366 g/mol. The van der Waals surface area contributed by atoms with E-state index in [2.05, 4.69) is 20.8 Å². The molecule has 0 fully saturated rings. The van der Waals surface area contributed by atoms with Gasteiger partial charge in [0.2, 0.25) is 0 Å². The topological polar surface area (TPSA) is 40.5 Å². The summed E-state index contributed by atoms with van der Waals surface area (Å²) in [5.41, 5.74) is 2.29. The molecule has 0 radical (unpaired) electrons. The molecule has 4 heteroatoms. The van der Waals surface area contributed by atoms with Crippen molar-refractivity contribution in [2.45, 2.75) is 52.4 Å². The molecule has 2 aromatic rings. The van der Waals surface area contributed by atoms with Crippen LogP contribution in [0.2, 0.25) is 10.0 Å². The van der Waals surface area contributed by atoms with Gasteiger partial charge in [-0.15, -0.1) is 0 Å². The molecule has 2 N–H and O–H groups in total. The van der Waals surface area contributed by atoms with E-state index in [9.17, 15) is 10.2 Å². The van der Waals surface area contributed by atoms with Crippen LogP contribution < -0.4 is 0 Å². The summed E-state index contributed by atoms with van der Waals surface area (Å²) in [6, 6.07) is 7.31. The minimum atomic E-state index is -0.459. The standard InChI is InChI=1S/C20H24Cl2O2/c1-19(2,3)12-7-11(8-13(21)9-12)14-10-15(22)18(24)16(17(14)23)20(4,5)6/h7-10,23-24H,1-6H3. The van der Waals surface area contributed by atoms with E-state index < -0.39 is 5.41 Å². The van der Waals surface area contributed by atoms with Crippen LogP contribution in [0.5, 0.6) is 11.5 Å². The molecular weight excluding hydrogens is 343 g/mol. The van der Waals surface area contributed by atoms with Gasteiger partial charge < -0.3 is 10.2 Å². The van der Waals surface area contributed by atoms with Crippen LogP contribution in [0.15, 0.2) is 24.3 Å². The van der Waals surface area contributed by atoms with Gasteiger partial charge in [0.25, 0.3) is 0 Å².